The van der Waals surface area contributed by atoms with Crippen LogP contribution in [0, 0.1) is 0 Å². The highest BCUT2D eigenvalue weighted by Gasteiger charge is 2.25. The van der Waals surface area contributed by atoms with Crippen molar-refractivity contribution in [3.05, 3.63) is 467 Å². The molecule has 28 aromatic rings. The number of aromatic nitrogens is 13. The molecule has 0 saturated carbocycles. The maximum absolute atomic E-state index is 6.31. The average Bonchev–Trinajstić information content (AvgIpc) is 1.55. The molecule has 138 heavy (non-hydrogen) atoms. The summed E-state index contributed by atoms with van der Waals surface area (Å²) >= 11 is 0. The van der Waals surface area contributed by atoms with Crippen LogP contribution >= 0.6 is 0 Å². The molecule has 0 N–H and O–H groups in total. The molecule has 0 aliphatic rings. The minimum absolute atomic E-state index is 0.625. The van der Waals surface area contributed by atoms with Crippen molar-refractivity contribution in [1.29, 1.82) is 0 Å². The van der Waals surface area contributed by atoms with Crippen molar-refractivity contribution in [2.24, 2.45) is 0 Å². The van der Waals surface area contributed by atoms with E-state index in [1.54, 1.807) is 0 Å². The van der Waals surface area contributed by atoms with Crippen molar-refractivity contribution >= 4 is 131 Å². The fourth-order valence-corrected chi connectivity index (χ4v) is 19.7. The Morgan fingerprint density at radius 2 is 0.333 bits per heavy atom. The smallest absolute Gasteiger partial charge is 0.164 e. The summed E-state index contributed by atoms with van der Waals surface area (Å²) in [4.78, 5) is 44.5. The van der Waals surface area contributed by atoms with Crippen molar-refractivity contribution < 1.29 is 8.83 Å². The lowest BCUT2D eigenvalue weighted by Gasteiger charge is -2.12. The van der Waals surface area contributed by atoms with E-state index in [9.17, 15) is 0 Å². The summed E-state index contributed by atoms with van der Waals surface area (Å²) in [6.07, 6.45) is 0. The molecule has 28 rings (SSSR count). The first-order valence-corrected chi connectivity index (χ1v) is 46.0. The highest BCUT2D eigenvalue weighted by atomic mass is 16.3. The van der Waals surface area contributed by atoms with Crippen LogP contribution in [0.1, 0.15) is 0 Å². The van der Waals surface area contributed by atoms with Crippen LogP contribution in [0.15, 0.2) is 476 Å². The zero-order valence-electron chi connectivity index (χ0n) is 74.1. The Kier molecular flexibility index (Phi) is 19.5. The van der Waals surface area contributed by atoms with E-state index in [-0.39, 0.29) is 0 Å². The predicted octanol–water partition coefficient (Wildman–Crippen LogP) is 30.8. The Labute approximate surface area is 790 Å². The van der Waals surface area contributed by atoms with Gasteiger partial charge in [0.1, 0.15) is 22.3 Å². The van der Waals surface area contributed by atoms with E-state index in [0.29, 0.717) is 52.4 Å². The number of para-hydroxylation sites is 7. The van der Waals surface area contributed by atoms with E-state index >= 15 is 0 Å². The lowest BCUT2D eigenvalue weighted by atomic mass is 10.1. The molecular weight excluding hydrogens is 1690 g/mol. The summed E-state index contributed by atoms with van der Waals surface area (Å²) < 4.78 is 22.0. The lowest BCUT2D eigenvalue weighted by Crippen LogP contribution is -2.01. The molecule has 0 atom stereocenters. The maximum atomic E-state index is 6.31. The Morgan fingerprint density at radius 3 is 0.652 bits per heavy atom. The van der Waals surface area contributed by atoms with Gasteiger partial charge in [0.05, 0.1) is 44.1 Å². The van der Waals surface area contributed by atoms with E-state index < -0.39 is 0 Å². The van der Waals surface area contributed by atoms with Crippen LogP contribution in [-0.2, 0) is 0 Å². The normalized spacial score (nSPS) is 11.6. The Morgan fingerprint density at radius 1 is 0.123 bits per heavy atom. The number of furan rings is 2. The second-order valence-electron chi connectivity index (χ2n) is 34.3. The van der Waals surface area contributed by atoms with Gasteiger partial charge < -0.3 is 27.1 Å². The second kappa shape index (κ2) is 33.7. The summed E-state index contributed by atoms with van der Waals surface area (Å²) in [6.45, 7) is 0. The number of hydrogen-bond donors (Lipinski definition) is 0. The van der Waals surface area contributed by atoms with Gasteiger partial charge in [-0.15, -0.1) is 0 Å². The first kappa shape index (κ1) is 79.9. The Hall–Kier alpha value is -19.0. The topological polar surface area (TPSA) is 162 Å². The van der Waals surface area contributed by atoms with Crippen LogP contribution in [0.25, 0.3) is 256 Å². The van der Waals surface area contributed by atoms with Gasteiger partial charge in [-0.05, 0) is 115 Å². The number of nitrogens with zero attached hydrogens (tertiary/aromatic N) is 13. The second-order valence-corrected chi connectivity index (χ2v) is 34.3. The molecule has 19 aromatic carbocycles. The Balaban J connectivity index is 0.000000107. The fraction of sp³-hybridized carbons (Fsp3) is 0. The molecule has 0 saturated heterocycles. The molecule has 0 aliphatic carbocycles. The van der Waals surface area contributed by atoms with E-state index in [2.05, 4.69) is 279 Å². The van der Waals surface area contributed by atoms with Gasteiger partial charge in [0.2, 0.25) is 0 Å². The predicted molar refractivity (Wildman–Crippen MR) is 560 cm³/mol. The van der Waals surface area contributed by atoms with Crippen molar-refractivity contribution in [1.82, 2.24) is 63.1 Å². The molecule has 0 unspecified atom stereocenters. The van der Waals surface area contributed by atoms with Gasteiger partial charge in [-0.3, -0.25) is 0 Å². The molecular formula is C123H77N13O2. The molecule has 9 heterocycles. The largest absolute Gasteiger partial charge is 0.456 e. The van der Waals surface area contributed by atoms with E-state index in [4.69, 9.17) is 53.7 Å². The molecule has 0 bridgehead atoms. The lowest BCUT2D eigenvalue weighted by molar-refractivity contribution is 0.669. The summed E-state index contributed by atoms with van der Waals surface area (Å²) in [6, 6.07) is 161. The van der Waals surface area contributed by atoms with Gasteiger partial charge in [-0.1, -0.05) is 346 Å². The average molecular weight is 1770 g/mol. The molecule has 15 nitrogen and oxygen atoms in total. The summed E-state index contributed by atoms with van der Waals surface area (Å²) in [7, 11) is 0. The third-order valence-corrected chi connectivity index (χ3v) is 26.0. The first-order chi connectivity index (χ1) is 68.4. The van der Waals surface area contributed by atoms with Gasteiger partial charge in [0.25, 0.3) is 0 Å². The van der Waals surface area contributed by atoms with Crippen molar-refractivity contribution in [2.45, 2.75) is 0 Å². The van der Waals surface area contributed by atoms with Crippen LogP contribution in [0.4, 0.5) is 0 Å². The number of benzene rings is 19. The molecule has 0 aliphatic heterocycles. The summed E-state index contributed by atoms with van der Waals surface area (Å²) in [5, 5.41) is 14.0. The van der Waals surface area contributed by atoms with Crippen molar-refractivity contribution in [2.75, 3.05) is 0 Å². The zero-order valence-corrected chi connectivity index (χ0v) is 74.1. The minimum Gasteiger partial charge on any atom is -0.456 e. The maximum Gasteiger partial charge on any atom is 0.164 e. The molecule has 0 amide bonds. The minimum atomic E-state index is 0.625. The van der Waals surface area contributed by atoms with Gasteiger partial charge in [0, 0.05) is 144 Å². The van der Waals surface area contributed by atoms with Crippen LogP contribution < -0.4 is 0 Å². The summed E-state index contributed by atoms with van der Waals surface area (Å²) in [5.41, 5.74) is 25.4. The molecule has 0 radical (unpaired) electrons. The van der Waals surface area contributed by atoms with Gasteiger partial charge >= 0.3 is 0 Å². The molecule has 0 fully saturated rings. The van der Waals surface area contributed by atoms with Gasteiger partial charge in [0.15, 0.2) is 52.4 Å². The highest BCUT2D eigenvalue weighted by molar-refractivity contribution is 6.21. The van der Waals surface area contributed by atoms with Crippen molar-refractivity contribution in [3.63, 3.8) is 0 Å². The molecule has 9 aromatic heterocycles. The standard InChI is InChI=1S/C45H29N5.2C39H24N4O/c1-4-15-30(16-5-1)43-46-44(31-17-6-2-7-18-31)48-45(47-43)32-19-14-22-34(27-32)50-40-26-13-11-24-36(40)38-28-41-37(29-42(38)50)35-23-10-12-25-39(35)49(41)33-20-8-3-9-21-33;1-3-12-25(13-4-1)37-40-38(26-14-5-2-6-15-26)42-39(41-37)27-16-11-17-28(22-27)43-33-20-9-7-18-29(33)31-24-36-32(23-34(31)43)30-19-8-10-21-35(30)44-36;1-3-12-25(13-4-1)37-40-38(26-14-5-2-6-15-26)42-39(41-37)27-16-11-17-28(22-27)43-33-20-9-7-18-29(33)31-23-32-30-19-8-10-21-35(30)44-36(32)24-34(31)43/h1-29H;2*1-24H. The van der Waals surface area contributed by atoms with Gasteiger partial charge in [-0.25, -0.2) is 44.9 Å². The Bertz CT molecular complexity index is 9410. The monoisotopic (exact) mass is 1770 g/mol. The third-order valence-electron chi connectivity index (χ3n) is 26.0. The van der Waals surface area contributed by atoms with E-state index in [0.717, 1.165) is 155 Å². The van der Waals surface area contributed by atoms with Crippen LogP contribution in [0.5, 0.6) is 0 Å². The van der Waals surface area contributed by atoms with Crippen LogP contribution in [0.3, 0.4) is 0 Å². The van der Waals surface area contributed by atoms with Crippen molar-refractivity contribution in [3.8, 4) is 125 Å². The number of fused-ring (bicyclic) bond motifs is 18. The number of hydrogen-bond acceptors (Lipinski definition) is 11. The highest BCUT2D eigenvalue weighted by Crippen LogP contribution is 2.45. The quantitative estimate of drug-likeness (QED) is 0.108. The van der Waals surface area contributed by atoms with Crippen LogP contribution in [0.2, 0.25) is 0 Å². The SMILES string of the molecule is c1ccc(-c2nc(-c3ccccc3)nc(-c3cccc(-n4c5ccccc5c5cc6c(cc54)c4ccccc4n6-c4ccccc4)c3)n2)cc1.c1ccc(-c2nc(-c3ccccc3)nc(-c3cccc(-n4c5ccccc5c5cc6c(cc54)oc4ccccc46)c3)n2)cc1.c1ccc(-c2nc(-c3ccccc3)nc(-c3cccc(-n4c5ccccc5c5cc6oc7ccccc7c6cc54)c3)n2)cc1. The first-order valence-electron chi connectivity index (χ1n) is 46.0. The third kappa shape index (κ3) is 14.2. The molecule has 15 heteroatoms. The number of rotatable bonds is 13. The summed E-state index contributed by atoms with van der Waals surface area (Å²) in [5.74, 6) is 5.75. The molecule has 646 valence electrons. The van der Waals surface area contributed by atoms with E-state index in [1.165, 1.54) is 48.7 Å². The fourth-order valence-electron chi connectivity index (χ4n) is 19.7. The zero-order chi connectivity index (χ0) is 91.1. The van der Waals surface area contributed by atoms with E-state index in [1.807, 2.05) is 206 Å². The molecule has 0 spiro atoms. The van der Waals surface area contributed by atoms with Gasteiger partial charge in [-0.2, -0.15) is 0 Å². The van der Waals surface area contributed by atoms with Crippen LogP contribution in [-0.4, -0.2) is 63.1 Å².